The number of pyridine rings is 1. The molecular formula is C10H12N4O2. The lowest BCUT2D eigenvalue weighted by molar-refractivity contribution is 0.255. The highest BCUT2D eigenvalue weighted by Crippen LogP contribution is 2.26. The summed E-state index contributed by atoms with van der Waals surface area (Å²) in [5.41, 5.74) is 6.93. The Morgan fingerprint density at radius 1 is 1.62 bits per heavy atom. The number of rotatable bonds is 3. The van der Waals surface area contributed by atoms with Crippen LogP contribution in [0.5, 0.6) is 5.88 Å². The van der Waals surface area contributed by atoms with Gasteiger partial charge in [-0.1, -0.05) is 0 Å². The van der Waals surface area contributed by atoms with Crippen LogP contribution in [0.25, 0.3) is 11.0 Å². The third kappa shape index (κ3) is 1.57. The third-order valence-corrected chi connectivity index (χ3v) is 2.62. The monoisotopic (exact) mass is 220 g/mol. The topological polar surface area (TPSA) is 89.3 Å². The van der Waals surface area contributed by atoms with Crippen LogP contribution in [0.4, 0.5) is 5.69 Å². The van der Waals surface area contributed by atoms with E-state index in [-0.39, 0.29) is 12.2 Å². The summed E-state index contributed by atoms with van der Waals surface area (Å²) in [6, 6.07) is 1.79. The van der Waals surface area contributed by atoms with Crippen molar-refractivity contribution in [2.75, 3.05) is 12.3 Å². The van der Waals surface area contributed by atoms with Gasteiger partial charge in [0.15, 0.2) is 5.65 Å². The number of nitrogens with zero attached hydrogens (tertiary/aromatic N) is 2. The summed E-state index contributed by atoms with van der Waals surface area (Å²) in [6.07, 6.45) is 2.05. The van der Waals surface area contributed by atoms with Crippen LogP contribution in [0.1, 0.15) is 6.92 Å². The molecule has 0 spiro atoms. The number of ether oxygens (including phenoxy) is 2. The molecule has 1 saturated heterocycles. The van der Waals surface area contributed by atoms with Gasteiger partial charge < -0.3 is 15.2 Å². The zero-order chi connectivity index (χ0) is 11.1. The molecule has 3 heterocycles. The van der Waals surface area contributed by atoms with E-state index in [4.69, 9.17) is 15.2 Å². The van der Waals surface area contributed by atoms with E-state index in [1.165, 1.54) is 0 Å². The van der Waals surface area contributed by atoms with Gasteiger partial charge in [-0.25, -0.2) is 4.98 Å². The van der Waals surface area contributed by atoms with Gasteiger partial charge in [-0.15, -0.1) is 5.10 Å². The van der Waals surface area contributed by atoms with Gasteiger partial charge in [-0.05, 0) is 13.0 Å². The maximum Gasteiger partial charge on any atom is 0.242 e. The predicted octanol–water partition coefficient (Wildman–Crippen LogP) is 0.706. The predicted molar refractivity (Wildman–Crippen MR) is 58.1 cm³/mol. The number of aromatic nitrogens is 3. The molecule has 6 nitrogen and oxygen atoms in total. The van der Waals surface area contributed by atoms with Crippen molar-refractivity contribution in [3.8, 4) is 5.88 Å². The lowest BCUT2D eigenvalue weighted by Gasteiger charge is -2.00. The Morgan fingerprint density at radius 3 is 3.19 bits per heavy atom. The van der Waals surface area contributed by atoms with E-state index in [0.29, 0.717) is 23.8 Å². The van der Waals surface area contributed by atoms with Crippen molar-refractivity contribution in [3.63, 3.8) is 0 Å². The first-order valence-electron chi connectivity index (χ1n) is 5.12. The Balaban J connectivity index is 1.83. The molecule has 1 fully saturated rings. The average Bonchev–Trinajstić information content (AvgIpc) is 2.83. The normalized spacial score (nSPS) is 23.6. The SMILES string of the molecule is CC1OC1COc1n[nH]c2ncc(N)cc12. The molecule has 1 aliphatic heterocycles. The number of hydrogen-bond donors (Lipinski definition) is 2. The maximum atomic E-state index is 5.66. The highest BCUT2D eigenvalue weighted by molar-refractivity contribution is 5.83. The number of anilines is 1. The van der Waals surface area contributed by atoms with Gasteiger partial charge in [-0.2, -0.15) is 0 Å². The fourth-order valence-corrected chi connectivity index (χ4v) is 1.57. The zero-order valence-electron chi connectivity index (χ0n) is 8.80. The van der Waals surface area contributed by atoms with E-state index < -0.39 is 0 Å². The van der Waals surface area contributed by atoms with E-state index in [9.17, 15) is 0 Å². The molecule has 0 amide bonds. The molecule has 1 aliphatic rings. The van der Waals surface area contributed by atoms with Gasteiger partial charge >= 0.3 is 0 Å². The Kier molecular flexibility index (Phi) is 1.97. The van der Waals surface area contributed by atoms with Gasteiger partial charge in [0, 0.05) is 0 Å². The number of fused-ring (bicyclic) bond motifs is 1. The molecule has 3 rings (SSSR count). The second-order valence-corrected chi connectivity index (χ2v) is 3.88. The van der Waals surface area contributed by atoms with E-state index in [0.717, 1.165) is 5.39 Å². The minimum Gasteiger partial charge on any atom is -0.473 e. The molecular weight excluding hydrogens is 208 g/mol. The smallest absolute Gasteiger partial charge is 0.242 e. The van der Waals surface area contributed by atoms with Crippen LogP contribution in [-0.4, -0.2) is 34.0 Å². The summed E-state index contributed by atoms with van der Waals surface area (Å²) in [4.78, 5) is 4.10. The van der Waals surface area contributed by atoms with Crippen molar-refractivity contribution in [3.05, 3.63) is 12.3 Å². The highest BCUT2D eigenvalue weighted by Gasteiger charge is 2.35. The molecule has 2 aromatic heterocycles. The van der Waals surface area contributed by atoms with Crippen molar-refractivity contribution in [2.45, 2.75) is 19.1 Å². The standard InChI is InChI=1S/C10H12N4O2/c1-5-8(16-5)4-15-10-7-2-6(11)3-12-9(7)13-14-10/h2-3,5,8H,4,11H2,1H3,(H,12,13,14). The van der Waals surface area contributed by atoms with Gasteiger partial charge in [0.05, 0.1) is 23.4 Å². The van der Waals surface area contributed by atoms with Crippen molar-refractivity contribution >= 4 is 16.7 Å². The molecule has 0 aromatic carbocycles. The fraction of sp³-hybridized carbons (Fsp3) is 0.400. The zero-order valence-corrected chi connectivity index (χ0v) is 8.80. The largest absolute Gasteiger partial charge is 0.473 e. The lowest BCUT2D eigenvalue weighted by Crippen LogP contribution is -2.06. The van der Waals surface area contributed by atoms with Crippen LogP contribution in [0.2, 0.25) is 0 Å². The molecule has 2 atom stereocenters. The van der Waals surface area contributed by atoms with Crippen LogP contribution < -0.4 is 10.5 Å². The molecule has 2 aromatic rings. The highest BCUT2D eigenvalue weighted by atomic mass is 16.6. The molecule has 0 aliphatic carbocycles. The summed E-state index contributed by atoms with van der Waals surface area (Å²) in [5.74, 6) is 0.525. The number of nitrogens with two attached hydrogens (primary N) is 1. The number of nitrogens with one attached hydrogen (secondary N) is 1. The summed E-state index contributed by atoms with van der Waals surface area (Å²) < 4.78 is 10.8. The van der Waals surface area contributed by atoms with Gasteiger partial charge in [0.25, 0.3) is 0 Å². The molecule has 84 valence electrons. The van der Waals surface area contributed by atoms with E-state index in [1.807, 2.05) is 6.92 Å². The number of nitrogen functional groups attached to an aromatic ring is 1. The van der Waals surface area contributed by atoms with E-state index in [1.54, 1.807) is 12.3 Å². The maximum absolute atomic E-state index is 5.66. The van der Waals surface area contributed by atoms with Gasteiger partial charge in [0.2, 0.25) is 5.88 Å². The lowest BCUT2D eigenvalue weighted by atomic mass is 10.3. The van der Waals surface area contributed by atoms with Crippen molar-refractivity contribution in [1.82, 2.24) is 15.2 Å². The average molecular weight is 220 g/mol. The van der Waals surface area contributed by atoms with E-state index in [2.05, 4.69) is 15.2 Å². The van der Waals surface area contributed by atoms with Crippen molar-refractivity contribution in [2.24, 2.45) is 0 Å². The van der Waals surface area contributed by atoms with Gasteiger partial charge in [-0.3, -0.25) is 5.10 Å². The molecule has 0 bridgehead atoms. The Labute approximate surface area is 91.8 Å². The summed E-state index contributed by atoms with van der Waals surface area (Å²) in [6.45, 7) is 2.52. The second-order valence-electron chi connectivity index (χ2n) is 3.88. The third-order valence-electron chi connectivity index (χ3n) is 2.62. The first-order valence-corrected chi connectivity index (χ1v) is 5.12. The van der Waals surface area contributed by atoms with Crippen LogP contribution in [0.15, 0.2) is 12.3 Å². The van der Waals surface area contributed by atoms with Crippen molar-refractivity contribution < 1.29 is 9.47 Å². The summed E-state index contributed by atoms with van der Waals surface area (Å²) >= 11 is 0. The van der Waals surface area contributed by atoms with Crippen LogP contribution in [0, 0.1) is 0 Å². The Morgan fingerprint density at radius 2 is 2.44 bits per heavy atom. The van der Waals surface area contributed by atoms with Crippen molar-refractivity contribution in [1.29, 1.82) is 0 Å². The molecule has 3 N–H and O–H groups in total. The Hall–Kier alpha value is -1.82. The minimum absolute atomic E-state index is 0.181. The fourth-order valence-electron chi connectivity index (χ4n) is 1.57. The molecule has 16 heavy (non-hydrogen) atoms. The first kappa shape index (κ1) is 9.41. The summed E-state index contributed by atoms with van der Waals surface area (Å²) in [7, 11) is 0. The summed E-state index contributed by atoms with van der Waals surface area (Å²) in [5, 5.41) is 7.63. The molecule has 0 saturated carbocycles. The molecule has 2 unspecified atom stereocenters. The number of H-pyrrole nitrogens is 1. The first-order chi connectivity index (χ1) is 7.74. The number of hydrogen-bond acceptors (Lipinski definition) is 5. The van der Waals surface area contributed by atoms with Crippen LogP contribution >= 0.6 is 0 Å². The Bertz CT molecular complexity index is 525. The second kappa shape index (κ2) is 3.34. The quantitative estimate of drug-likeness (QED) is 0.743. The van der Waals surface area contributed by atoms with E-state index >= 15 is 0 Å². The van der Waals surface area contributed by atoms with Crippen LogP contribution in [0.3, 0.4) is 0 Å². The number of epoxide rings is 1. The molecule has 6 heteroatoms. The van der Waals surface area contributed by atoms with Gasteiger partial charge in [0.1, 0.15) is 12.7 Å². The van der Waals surface area contributed by atoms with Crippen LogP contribution in [-0.2, 0) is 4.74 Å². The number of aromatic amines is 1. The molecule has 0 radical (unpaired) electrons. The minimum atomic E-state index is 0.181.